The van der Waals surface area contributed by atoms with Gasteiger partial charge >= 0.3 is 5.97 Å². The van der Waals surface area contributed by atoms with Crippen LogP contribution in [0.4, 0.5) is 0 Å². The SMILES string of the molecule is C=CC(CC(=O)CC(=O)OC)O[Si](c1ccccc1)(c1ccccc1)C(C)(C)C. The van der Waals surface area contributed by atoms with E-state index in [0.717, 1.165) is 10.4 Å². The normalized spacial score (nSPS) is 12.8. The van der Waals surface area contributed by atoms with E-state index < -0.39 is 20.4 Å². The first-order chi connectivity index (χ1) is 13.7. The van der Waals surface area contributed by atoms with Crippen LogP contribution in [0.5, 0.6) is 0 Å². The van der Waals surface area contributed by atoms with Crippen LogP contribution in [0.3, 0.4) is 0 Å². The van der Waals surface area contributed by atoms with E-state index in [9.17, 15) is 9.59 Å². The van der Waals surface area contributed by atoms with E-state index in [0.29, 0.717) is 0 Å². The van der Waals surface area contributed by atoms with Crippen LogP contribution in [0.25, 0.3) is 0 Å². The first kappa shape index (κ1) is 22.8. The van der Waals surface area contributed by atoms with Crippen molar-refractivity contribution in [3.05, 3.63) is 73.3 Å². The molecule has 154 valence electrons. The Morgan fingerprint density at radius 2 is 1.48 bits per heavy atom. The lowest BCUT2D eigenvalue weighted by Gasteiger charge is -2.44. The van der Waals surface area contributed by atoms with Crippen molar-refractivity contribution < 1.29 is 18.8 Å². The summed E-state index contributed by atoms with van der Waals surface area (Å²) in [6.07, 6.45) is 0.987. The Morgan fingerprint density at radius 1 is 1.00 bits per heavy atom. The van der Waals surface area contributed by atoms with Gasteiger partial charge in [0.15, 0.2) is 0 Å². The summed E-state index contributed by atoms with van der Waals surface area (Å²) in [6, 6.07) is 20.4. The van der Waals surface area contributed by atoms with Crippen molar-refractivity contribution in [3.63, 3.8) is 0 Å². The number of carbonyl (C=O) groups is 2. The number of ketones is 1. The molecule has 0 fully saturated rings. The molecule has 0 aliphatic heterocycles. The Labute approximate surface area is 174 Å². The van der Waals surface area contributed by atoms with Crippen LogP contribution in [0.15, 0.2) is 73.3 Å². The third kappa shape index (κ3) is 5.31. The van der Waals surface area contributed by atoms with Gasteiger partial charge in [0, 0.05) is 6.42 Å². The Kier molecular flexibility index (Phi) is 7.71. The number of esters is 1. The molecule has 0 bridgehead atoms. The molecule has 0 spiro atoms. The second kappa shape index (κ2) is 9.81. The van der Waals surface area contributed by atoms with Crippen LogP contribution >= 0.6 is 0 Å². The van der Waals surface area contributed by atoms with Gasteiger partial charge in [-0.1, -0.05) is 87.5 Å². The highest BCUT2D eigenvalue weighted by Gasteiger charge is 2.51. The molecule has 1 atom stereocenters. The van der Waals surface area contributed by atoms with Crippen molar-refractivity contribution in [2.75, 3.05) is 7.11 Å². The summed E-state index contributed by atoms with van der Waals surface area (Å²) in [7, 11) is -1.51. The fraction of sp³-hybridized carbons (Fsp3) is 0.333. The van der Waals surface area contributed by atoms with Crippen LogP contribution in [-0.2, 0) is 18.8 Å². The Morgan fingerprint density at radius 3 is 1.86 bits per heavy atom. The van der Waals surface area contributed by atoms with Crippen molar-refractivity contribution in [3.8, 4) is 0 Å². The first-order valence-electron chi connectivity index (χ1n) is 9.74. The lowest BCUT2D eigenvalue weighted by Crippen LogP contribution is -2.67. The molecule has 0 saturated heterocycles. The highest BCUT2D eigenvalue weighted by Crippen LogP contribution is 2.38. The number of methoxy groups -OCH3 is 1. The van der Waals surface area contributed by atoms with Crippen LogP contribution < -0.4 is 10.4 Å². The van der Waals surface area contributed by atoms with Gasteiger partial charge in [-0.25, -0.2) is 0 Å². The van der Waals surface area contributed by atoms with E-state index in [1.54, 1.807) is 6.08 Å². The smallest absolute Gasteiger partial charge is 0.313 e. The lowest BCUT2D eigenvalue weighted by molar-refractivity contribution is -0.143. The predicted octanol–water partition coefficient (Wildman–Crippen LogP) is 3.64. The summed E-state index contributed by atoms with van der Waals surface area (Å²) in [5.74, 6) is -0.761. The molecule has 0 aliphatic rings. The van der Waals surface area contributed by atoms with Gasteiger partial charge in [-0.15, -0.1) is 6.58 Å². The molecule has 4 nitrogen and oxygen atoms in total. The fourth-order valence-electron chi connectivity index (χ4n) is 3.62. The molecule has 29 heavy (non-hydrogen) atoms. The number of rotatable bonds is 9. The summed E-state index contributed by atoms with van der Waals surface area (Å²) in [4.78, 5) is 23.9. The van der Waals surface area contributed by atoms with Gasteiger partial charge in [-0.2, -0.15) is 0 Å². The molecule has 0 heterocycles. The molecular formula is C24H30O4Si. The first-order valence-corrected chi connectivity index (χ1v) is 11.7. The zero-order valence-electron chi connectivity index (χ0n) is 17.7. The second-order valence-corrected chi connectivity index (χ2v) is 12.3. The minimum Gasteiger partial charge on any atom is -0.469 e. The average molecular weight is 411 g/mol. The van der Waals surface area contributed by atoms with Crippen molar-refractivity contribution in [2.24, 2.45) is 0 Å². The molecule has 0 aliphatic carbocycles. The van der Waals surface area contributed by atoms with E-state index in [2.05, 4.69) is 56.4 Å². The molecule has 2 rings (SSSR count). The molecule has 2 aromatic carbocycles. The molecule has 5 heteroatoms. The van der Waals surface area contributed by atoms with Gasteiger partial charge in [0.25, 0.3) is 8.32 Å². The van der Waals surface area contributed by atoms with Crippen LogP contribution in [-0.4, -0.2) is 33.3 Å². The summed E-state index contributed by atoms with van der Waals surface area (Å²) in [6.45, 7) is 10.4. The quantitative estimate of drug-likeness (QED) is 0.274. The Balaban J connectivity index is 2.51. The van der Waals surface area contributed by atoms with E-state index in [1.807, 2.05) is 36.4 Å². The highest BCUT2D eigenvalue weighted by atomic mass is 28.4. The molecule has 2 aromatic rings. The topological polar surface area (TPSA) is 52.6 Å². The van der Waals surface area contributed by atoms with Crippen molar-refractivity contribution in [1.82, 2.24) is 0 Å². The summed E-state index contributed by atoms with van der Waals surface area (Å²) in [5.41, 5.74) is 0. The average Bonchev–Trinajstić information content (AvgIpc) is 2.71. The van der Waals surface area contributed by atoms with E-state index >= 15 is 0 Å². The van der Waals surface area contributed by atoms with Crippen molar-refractivity contribution in [2.45, 2.75) is 44.8 Å². The molecule has 0 N–H and O–H groups in total. The summed E-state index contributed by atoms with van der Waals surface area (Å²) < 4.78 is 11.5. The number of Topliss-reactive ketones (excluding diaryl/α,β-unsaturated/α-hetero) is 1. The highest BCUT2D eigenvalue weighted by molar-refractivity contribution is 6.99. The second-order valence-electron chi connectivity index (χ2n) is 8.05. The third-order valence-electron chi connectivity index (χ3n) is 5.01. The van der Waals surface area contributed by atoms with Crippen LogP contribution in [0, 0.1) is 0 Å². The predicted molar refractivity (Wildman–Crippen MR) is 119 cm³/mol. The fourth-order valence-corrected chi connectivity index (χ4v) is 8.27. The van der Waals surface area contributed by atoms with Crippen LogP contribution in [0.1, 0.15) is 33.6 Å². The number of hydrogen-bond acceptors (Lipinski definition) is 4. The van der Waals surface area contributed by atoms with Gasteiger partial charge in [0.05, 0.1) is 13.2 Å². The Bertz CT molecular complexity index is 785. The molecular weight excluding hydrogens is 380 g/mol. The maximum atomic E-state index is 12.4. The zero-order chi connectivity index (χ0) is 21.5. The molecule has 0 saturated carbocycles. The summed E-state index contributed by atoms with van der Waals surface area (Å²) >= 11 is 0. The van der Waals surface area contributed by atoms with Gasteiger partial charge in [0.2, 0.25) is 0 Å². The van der Waals surface area contributed by atoms with Gasteiger partial charge in [0.1, 0.15) is 12.2 Å². The van der Waals surface area contributed by atoms with E-state index in [1.165, 1.54) is 7.11 Å². The van der Waals surface area contributed by atoms with Gasteiger partial charge in [-0.05, 0) is 15.4 Å². The molecule has 0 radical (unpaired) electrons. The van der Waals surface area contributed by atoms with Crippen molar-refractivity contribution in [1.29, 1.82) is 0 Å². The number of hydrogen-bond donors (Lipinski definition) is 0. The largest absolute Gasteiger partial charge is 0.469 e. The molecule has 0 amide bonds. The number of ether oxygens (including phenoxy) is 1. The van der Waals surface area contributed by atoms with Crippen LogP contribution in [0.2, 0.25) is 5.04 Å². The zero-order valence-corrected chi connectivity index (χ0v) is 18.7. The van der Waals surface area contributed by atoms with E-state index in [4.69, 9.17) is 4.43 Å². The van der Waals surface area contributed by atoms with E-state index in [-0.39, 0.29) is 23.7 Å². The lowest BCUT2D eigenvalue weighted by atomic mass is 10.1. The maximum absolute atomic E-state index is 12.4. The van der Waals surface area contributed by atoms with Crippen molar-refractivity contribution >= 4 is 30.4 Å². The monoisotopic (exact) mass is 410 g/mol. The third-order valence-corrected chi connectivity index (χ3v) is 10.1. The maximum Gasteiger partial charge on any atom is 0.313 e. The Hall–Kier alpha value is -2.50. The van der Waals surface area contributed by atoms with Gasteiger partial charge in [-0.3, -0.25) is 9.59 Å². The van der Waals surface area contributed by atoms with Gasteiger partial charge < -0.3 is 9.16 Å². The minimum absolute atomic E-state index is 0.0864. The number of carbonyl (C=O) groups excluding carboxylic acids is 2. The standard InChI is InChI=1S/C24H30O4Si/c1-6-20(17-19(25)18-23(26)27-5)28-29(24(2,3)4,21-13-9-7-10-14-21)22-15-11-8-12-16-22/h6-16,20H,1,17-18H2,2-5H3. The molecule has 0 aromatic heterocycles. The summed E-state index contributed by atoms with van der Waals surface area (Å²) in [5, 5.41) is 2.06. The molecule has 1 unspecified atom stereocenters. The minimum atomic E-state index is -2.79. The number of benzene rings is 2.